The number of ether oxygens (including phenoxy) is 5. The number of rotatable bonds is 23. The number of allylic oxidation sites excluding steroid dienone is 2. The molecule has 2 aromatic rings. The molecular weight excluding hydrogens is 831 g/mol. The maximum Gasteiger partial charge on any atom is 0.508 e. The molecule has 0 saturated carbocycles. The Hall–Kier alpha value is -3.86. The van der Waals surface area contributed by atoms with Crippen molar-refractivity contribution in [3.63, 3.8) is 0 Å². The SMILES string of the molecule is COP(=O)(O)OC1[C@@H](COC(=O)OCc2ccccc2)O[C@@H](n2ccc(=O)[nH]c2=O)[C@H]1C/C=C/CCCCNC(=S)CCCCO[C@@H]1O[C@H](CO)[C@H](O)[C@H](O)[C@H]1NC(C)=O. The number of aliphatic hydroxyl groups excluding tert-OH is 3. The average molecular weight is 887 g/mol. The molecule has 4 rings (SSSR count). The standard InChI is InChI=1S/C38H55N4O16PS/c1-24(44)40-31-33(47)32(46)27(21-43)57-36(31)53-20-12-10-16-30(60)39-18-11-5-3-4-9-15-26-34(58-59(50,51)52-2)28(56-35(26)42-19-17-29(45)41-37(42)48)23-55-38(49)54-22-25-13-7-6-8-14-25/h4,6-9,13-14,17,19,26-28,31-36,43,46-47H,3,5,10-12,15-16,18,20-23H2,1-2H3,(H,39,60)(H,40,44)(H,50,51)(H,41,45,48)/b9-4+/t26-,27+,28+,31+,32-,33+,34?,35+,36+/m0/s1. The van der Waals surface area contributed by atoms with Crippen LogP contribution in [-0.4, -0.2) is 123 Å². The van der Waals surface area contributed by atoms with Gasteiger partial charge in [-0.3, -0.25) is 28.2 Å². The molecule has 2 fully saturated rings. The Morgan fingerprint density at radius 1 is 1.02 bits per heavy atom. The molecule has 0 spiro atoms. The monoisotopic (exact) mass is 886 g/mol. The number of phosphoric ester groups is 1. The number of phosphoric acid groups is 1. The Morgan fingerprint density at radius 2 is 1.78 bits per heavy atom. The van der Waals surface area contributed by atoms with Gasteiger partial charge >= 0.3 is 19.7 Å². The Bertz CT molecular complexity index is 1870. The number of aromatic nitrogens is 2. The van der Waals surface area contributed by atoms with Gasteiger partial charge in [-0.25, -0.2) is 14.2 Å². The Balaban J connectivity index is 1.24. The number of carbonyl (C=O) groups is 2. The number of nitrogens with zero attached hydrogens (tertiary/aromatic N) is 1. The van der Waals surface area contributed by atoms with Gasteiger partial charge < -0.3 is 54.5 Å². The van der Waals surface area contributed by atoms with Gasteiger partial charge in [0, 0.05) is 45.4 Å². The minimum atomic E-state index is -4.62. The minimum absolute atomic E-state index is 0.0569. The number of unbranched alkanes of at least 4 members (excludes halogenated alkanes) is 3. The van der Waals surface area contributed by atoms with Crippen molar-refractivity contribution in [2.24, 2.45) is 5.92 Å². The lowest BCUT2D eigenvalue weighted by atomic mass is 9.95. The van der Waals surface area contributed by atoms with Crippen LogP contribution in [0.25, 0.3) is 0 Å². The molecular formula is C38H55N4O16PS. The first kappa shape index (κ1) is 48.8. The van der Waals surface area contributed by atoms with Gasteiger partial charge in [0.2, 0.25) is 5.91 Å². The van der Waals surface area contributed by atoms with E-state index in [0.717, 1.165) is 36.1 Å². The number of thiocarbonyl (C=S) groups is 1. The second kappa shape index (κ2) is 24.5. The molecule has 7 N–H and O–H groups in total. The third kappa shape index (κ3) is 15.2. The molecule has 334 valence electrons. The Labute approximate surface area is 351 Å². The van der Waals surface area contributed by atoms with E-state index < -0.39 is 99.3 Å². The van der Waals surface area contributed by atoms with Crippen molar-refractivity contribution in [3.05, 3.63) is 81.1 Å². The van der Waals surface area contributed by atoms with E-state index in [9.17, 15) is 44.0 Å². The van der Waals surface area contributed by atoms with Crippen LogP contribution in [0.15, 0.2) is 64.3 Å². The number of aliphatic hydroxyl groups is 3. The van der Waals surface area contributed by atoms with Crippen LogP contribution < -0.4 is 21.9 Å². The largest absolute Gasteiger partial charge is 0.508 e. The molecule has 60 heavy (non-hydrogen) atoms. The van der Waals surface area contributed by atoms with Crippen molar-refractivity contribution in [1.29, 1.82) is 0 Å². The van der Waals surface area contributed by atoms with Crippen molar-refractivity contribution in [2.75, 3.05) is 33.5 Å². The number of hydrogen-bond donors (Lipinski definition) is 7. The summed E-state index contributed by atoms with van der Waals surface area (Å²) < 4.78 is 51.9. The maximum atomic E-state index is 12.8. The van der Waals surface area contributed by atoms with E-state index in [4.69, 9.17) is 40.4 Å². The average Bonchev–Trinajstić information content (AvgIpc) is 3.54. The maximum absolute atomic E-state index is 12.8. The van der Waals surface area contributed by atoms with Gasteiger partial charge in [0.05, 0.1) is 11.6 Å². The van der Waals surface area contributed by atoms with Crippen LogP contribution in [0, 0.1) is 5.92 Å². The summed E-state index contributed by atoms with van der Waals surface area (Å²) in [5, 5.41) is 35.8. The van der Waals surface area contributed by atoms with E-state index in [-0.39, 0.29) is 19.6 Å². The minimum Gasteiger partial charge on any atom is -0.431 e. The van der Waals surface area contributed by atoms with Crippen LogP contribution in [-0.2, 0) is 48.7 Å². The first-order chi connectivity index (χ1) is 28.7. The molecule has 0 radical (unpaired) electrons. The smallest absolute Gasteiger partial charge is 0.431 e. The van der Waals surface area contributed by atoms with Crippen LogP contribution in [0.2, 0.25) is 0 Å². The lowest BCUT2D eigenvalue weighted by Gasteiger charge is -2.42. The molecule has 20 nitrogen and oxygen atoms in total. The van der Waals surface area contributed by atoms with E-state index in [1.165, 1.54) is 13.1 Å². The molecule has 2 aliphatic rings. The number of nitrogens with one attached hydrogen (secondary N) is 3. The number of aromatic amines is 1. The van der Waals surface area contributed by atoms with E-state index >= 15 is 0 Å². The summed E-state index contributed by atoms with van der Waals surface area (Å²) in [5.41, 5.74) is -0.692. The zero-order valence-electron chi connectivity index (χ0n) is 33.4. The molecule has 1 aromatic carbocycles. The molecule has 22 heteroatoms. The van der Waals surface area contributed by atoms with Gasteiger partial charge in [-0.1, -0.05) is 54.7 Å². The molecule has 1 aromatic heterocycles. The number of benzene rings is 1. The summed E-state index contributed by atoms with van der Waals surface area (Å²) in [4.78, 5) is 61.9. The van der Waals surface area contributed by atoms with E-state index in [1.807, 2.05) is 18.2 Å². The van der Waals surface area contributed by atoms with Crippen molar-refractivity contribution in [2.45, 2.75) is 108 Å². The molecule has 2 unspecified atom stereocenters. The van der Waals surface area contributed by atoms with Crippen molar-refractivity contribution in [3.8, 4) is 0 Å². The van der Waals surface area contributed by atoms with Crippen LogP contribution in [0.5, 0.6) is 0 Å². The Morgan fingerprint density at radius 3 is 2.48 bits per heavy atom. The predicted molar refractivity (Wildman–Crippen MR) is 216 cm³/mol. The van der Waals surface area contributed by atoms with Gasteiger partial charge in [0.15, 0.2) is 6.29 Å². The summed E-state index contributed by atoms with van der Waals surface area (Å²) in [5.74, 6) is -1.22. The molecule has 2 aliphatic heterocycles. The van der Waals surface area contributed by atoms with Crippen LogP contribution in [0.3, 0.4) is 0 Å². The summed E-state index contributed by atoms with van der Waals surface area (Å²) in [6.45, 7) is 1.07. The highest BCUT2D eigenvalue weighted by Crippen LogP contribution is 2.50. The fraction of sp³-hybridized carbons (Fsp3) is 0.605. The molecule has 2 saturated heterocycles. The second-order valence-electron chi connectivity index (χ2n) is 14.1. The molecule has 3 heterocycles. The summed E-state index contributed by atoms with van der Waals surface area (Å²) in [6, 6.07) is 9.04. The van der Waals surface area contributed by atoms with Crippen molar-refractivity contribution < 1.29 is 67.1 Å². The zero-order valence-corrected chi connectivity index (χ0v) is 35.1. The topological polar surface area (TPSA) is 276 Å². The van der Waals surface area contributed by atoms with Crippen molar-refractivity contribution in [1.82, 2.24) is 20.2 Å². The number of hydrogen-bond acceptors (Lipinski definition) is 16. The van der Waals surface area contributed by atoms with Gasteiger partial charge in [-0.05, 0) is 50.5 Å². The molecule has 1 amide bonds. The van der Waals surface area contributed by atoms with Crippen molar-refractivity contribution >= 4 is 37.1 Å². The molecule has 0 aliphatic carbocycles. The predicted octanol–water partition coefficient (Wildman–Crippen LogP) is 1.70. The molecule has 10 atom stereocenters. The first-order valence-corrected chi connectivity index (χ1v) is 21.4. The third-order valence-electron chi connectivity index (χ3n) is 9.67. The van der Waals surface area contributed by atoms with Crippen LogP contribution in [0.1, 0.15) is 63.7 Å². The Kier molecular flexibility index (Phi) is 20.0. The van der Waals surface area contributed by atoms with Gasteiger partial charge in [-0.15, -0.1) is 0 Å². The summed E-state index contributed by atoms with van der Waals surface area (Å²) in [7, 11) is -3.62. The normalized spacial score (nSPS) is 26.3. The number of carbonyl (C=O) groups excluding carboxylic acids is 2. The van der Waals surface area contributed by atoms with Gasteiger partial charge in [-0.2, -0.15) is 0 Å². The highest BCUT2D eigenvalue weighted by molar-refractivity contribution is 7.80. The second-order valence-corrected chi connectivity index (χ2v) is 16.1. The van der Waals surface area contributed by atoms with E-state index in [2.05, 4.69) is 20.1 Å². The lowest BCUT2D eigenvalue weighted by Crippen LogP contribution is -2.64. The zero-order chi connectivity index (χ0) is 43.7. The first-order valence-electron chi connectivity index (χ1n) is 19.5. The summed E-state index contributed by atoms with van der Waals surface area (Å²) in [6.07, 6.45) is -0.0987. The quantitative estimate of drug-likeness (QED) is 0.0275. The van der Waals surface area contributed by atoms with Crippen LogP contribution in [0.4, 0.5) is 4.79 Å². The molecule has 0 bridgehead atoms. The van der Waals surface area contributed by atoms with E-state index in [0.29, 0.717) is 37.2 Å². The van der Waals surface area contributed by atoms with Crippen LogP contribution >= 0.6 is 20.0 Å². The fourth-order valence-electron chi connectivity index (χ4n) is 6.61. The third-order valence-corrected chi connectivity index (χ3v) is 11.0. The highest BCUT2D eigenvalue weighted by Gasteiger charge is 2.50. The number of amides is 1. The fourth-order valence-corrected chi connectivity index (χ4v) is 7.54. The van der Waals surface area contributed by atoms with Gasteiger partial charge in [0.1, 0.15) is 56.0 Å². The van der Waals surface area contributed by atoms with E-state index in [1.54, 1.807) is 24.3 Å². The van der Waals surface area contributed by atoms with Gasteiger partial charge in [0.25, 0.3) is 5.56 Å². The summed E-state index contributed by atoms with van der Waals surface area (Å²) >= 11 is 5.46. The lowest BCUT2D eigenvalue weighted by molar-refractivity contribution is -0.270. The highest BCUT2D eigenvalue weighted by atomic mass is 32.1. The number of H-pyrrole nitrogens is 1.